The molecule has 1 atom stereocenters. The lowest BCUT2D eigenvalue weighted by atomic mass is 9.94. The van der Waals surface area contributed by atoms with E-state index >= 15 is 0 Å². The summed E-state index contributed by atoms with van der Waals surface area (Å²) in [5.74, 6) is 1.37. The number of hydrogen-bond acceptors (Lipinski definition) is 1. The van der Waals surface area contributed by atoms with Crippen LogP contribution in [0.2, 0.25) is 5.02 Å². The molecule has 0 N–H and O–H groups in total. The van der Waals surface area contributed by atoms with Crippen LogP contribution in [-0.2, 0) is 12.8 Å². The predicted molar refractivity (Wildman–Crippen MR) is 96.8 cm³/mol. The van der Waals surface area contributed by atoms with Crippen LogP contribution in [0.25, 0.3) is 0 Å². The largest absolute Gasteiger partial charge is 0.496 e. The van der Waals surface area contributed by atoms with Gasteiger partial charge in [0.2, 0.25) is 0 Å². The number of benzene rings is 2. The Bertz CT molecular complexity index is 601. The second-order valence-electron chi connectivity index (χ2n) is 4.99. The normalized spacial score (nSPS) is 12.2. The van der Waals surface area contributed by atoms with Crippen molar-refractivity contribution < 1.29 is 4.74 Å². The Labute approximate surface area is 147 Å². The third-order valence-corrected chi connectivity index (χ3v) is 5.33. The topological polar surface area (TPSA) is 9.23 Å². The van der Waals surface area contributed by atoms with Gasteiger partial charge in [-0.1, -0.05) is 51.8 Å². The number of rotatable bonds is 6. The van der Waals surface area contributed by atoms with Crippen molar-refractivity contribution in [3.05, 3.63) is 63.1 Å². The van der Waals surface area contributed by atoms with E-state index < -0.39 is 0 Å². The van der Waals surface area contributed by atoms with Crippen LogP contribution in [0.1, 0.15) is 11.1 Å². The summed E-state index contributed by atoms with van der Waals surface area (Å²) < 4.78 is 6.26. The van der Waals surface area contributed by atoms with E-state index in [0.717, 1.165) is 33.4 Å². The maximum atomic E-state index is 6.25. The second kappa shape index (κ2) is 8.21. The molecule has 0 heterocycles. The Hall–Kier alpha value is -0.510. The predicted octanol–water partition coefficient (Wildman–Crippen LogP) is 5.91. The zero-order valence-electron chi connectivity index (χ0n) is 11.8. The van der Waals surface area contributed by atoms with Crippen LogP contribution in [0.15, 0.2) is 46.9 Å². The van der Waals surface area contributed by atoms with Crippen molar-refractivity contribution in [2.24, 2.45) is 5.92 Å². The molecule has 2 aromatic carbocycles. The zero-order valence-corrected chi connectivity index (χ0v) is 15.7. The number of hydrogen-bond donors (Lipinski definition) is 0. The number of ether oxygens (including phenoxy) is 1. The van der Waals surface area contributed by atoms with Crippen LogP contribution in [0, 0.1) is 5.92 Å². The van der Waals surface area contributed by atoms with Gasteiger partial charge in [-0.05, 0) is 64.0 Å². The molecule has 0 radical (unpaired) electrons. The van der Waals surface area contributed by atoms with E-state index in [9.17, 15) is 0 Å². The third kappa shape index (κ3) is 4.73. The molecule has 112 valence electrons. The van der Waals surface area contributed by atoms with Crippen LogP contribution >= 0.6 is 43.5 Å². The Balaban J connectivity index is 2.09. The second-order valence-corrected chi connectivity index (χ2v) is 6.90. The molecule has 1 unspecified atom stereocenters. The molecular formula is C17H17Br2ClO. The molecule has 0 bridgehead atoms. The number of methoxy groups -OCH3 is 1. The summed E-state index contributed by atoms with van der Waals surface area (Å²) in [6, 6.07) is 14.3. The molecule has 0 aromatic heterocycles. The quantitative estimate of drug-likeness (QED) is 0.516. The molecule has 0 saturated heterocycles. The summed E-state index contributed by atoms with van der Waals surface area (Å²) in [7, 11) is 1.68. The molecule has 2 aromatic rings. The van der Waals surface area contributed by atoms with Crippen LogP contribution in [0.4, 0.5) is 0 Å². The maximum Gasteiger partial charge on any atom is 0.133 e. The minimum absolute atomic E-state index is 0.505. The lowest BCUT2D eigenvalue weighted by Gasteiger charge is -2.16. The zero-order chi connectivity index (χ0) is 15.2. The molecule has 0 amide bonds. The minimum atomic E-state index is 0.505. The summed E-state index contributed by atoms with van der Waals surface area (Å²) in [4.78, 5) is 0. The van der Waals surface area contributed by atoms with E-state index in [0.29, 0.717) is 5.92 Å². The van der Waals surface area contributed by atoms with E-state index in [4.69, 9.17) is 16.3 Å². The summed E-state index contributed by atoms with van der Waals surface area (Å²) in [6.45, 7) is 0. The highest BCUT2D eigenvalue weighted by Crippen LogP contribution is 2.28. The number of alkyl halides is 1. The molecule has 0 aliphatic carbocycles. The lowest BCUT2D eigenvalue weighted by molar-refractivity contribution is 0.412. The molecule has 0 aliphatic rings. The first-order valence-corrected chi connectivity index (χ1v) is 9.05. The van der Waals surface area contributed by atoms with E-state index in [1.165, 1.54) is 11.1 Å². The molecule has 21 heavy (non-hydrogen) atoms. The van der Waals surface area contributed by atoms with Crippen molar-refractivity contribution in [2.45, 2.75) is 12.8 Å². The Morgan fingerprint density at radius 3 is 2.52 bits per heavy atom. The molecule has 0 saturated carbocycles. The van der Waals surface area contributed by atoms with Crippen molar-refractivity contribution >= 4 is 43.5 Å². The molecule has 0 aliphatic heterocycles. The van der Waals surface area contributed by atoms with Gasteiger partial charge in [0.25, 0.3) is 0 Å². The summed E-state index contributed by atoms with van der Waals surface area (Å²) >= 11 is 13.4. The van der Waals surface area contributed by atoms with Gasteiger partial charge in [0.15, 0.2) is 0 Å². The van der Waals surface area contributed by atoms with E-state index in [1.54, 1.807) is 7.11 Å². The lowest BCUT2D eigenvalue weighted by Crippen LogP contribution is -2.10. The van der Waals surface area contributed by atoms with Gasteiger partial charge in [0, 0.05) is 10.4 Å². The fourth-order valence-electron chi connectivity index (χ4n) is 2.33. The highest BCUT2D eigenvalue weighted by atomic mass is 79.9. The summed E-state index contributed by atoms with van der Waals surface area (Å²) in [6.07, 6.45) is 1.97. The molecule has 0 fully saturated rings. The Kier molecular flexibility index (Phi) is 6.59. The first-order chi connectivity index (χ1) is 10.1. The standard InChI is InChI=1S/C17H17Br2ClO/c1-21-17-7-6-12(10-15(17)19)8-13(11-18)9-14-4-2-3-5-16(14)20/h2-7,10,13H,8-9,11H2,1H3. The summed E-state index contributed by atoms with van der Waals surface area (Å²) in [5, 5.41) is 1.79. The van der Waals surface area contributed by atoms with Crippen LogP contribution in [0.3, 0.4) is 0 Å². The van der Waals surface area contributed by atoms with Crippen molar-refractivity contribution in [1.29, 1.82) is 0 Å². The molecule has 0 spiro atoms. The number of halogens is 3. The third-order valence-electron chi connectivity index (χ3n) is 3.43. The highest BCUT2D eigenvalue weighted by Gasteiger charge is 2.12. The van der Waals surface area contributed by atoms with Crippen molar-refractivity contribution in [3.8, 4) is 5.75 Å². The average Bonchev–Trinajstić information content (AvgIpc) is 2.49. The molecular weight excluding hydrogens is 415 g/mol. The van der Waals surface area contributed by atoms with Gasteiger partial charge >= 0.3 is 0 Å². The van der Waals surface area contributed by atoms with E-state index in [2.05, 4.69) is 50.1 Å². The van der Waals surface area contributed by atoms with Gasteiger partial charge < -0.3 is 4.74 Å². The van der Waals surface area contributed by atoms with Crippen molar-refractivity contribution in [2.75, 3.05) is 12.4 Å². The first-order valence-electron chi connectivity index (χ1n) is 6.75. The van der Waals surface area contributed by atoms with Gasteiger partial charge in [-0.3, -0.25) is 0 Å². The van der Waals surface area contributed by atoms with Crippen LogP contribution < -0.4 is 4.74 Å². The average molecular weight is 433 g/mol. The van der Waals surface area contributed by atoms with Crippen molar-refractivity contribution in [3.63, 3.8) is 0 Å². The maximum absolute atomic E-state index is 6.25. The SMILES string of the molecule is COc1ccc(CC(CBr)Cc2ccccc2Cl)cc1Br. The molecule has 1 nitrogen and oxygen atoms in total. The van der Waals surface area contributed by atoms with Gasteiger partial charge in [0.1, 0.15) is 5.75 Å². The molecule has 4 heteroatoms. The van der Waals surface area contributed by atoms with Gasteiger partial charge in [-0.15, -0.1) is 0 Å². The van der Waals surface area contributed by atoms with E-state index in [1.807, 2.05) is 24.3 Å². The summed E-state index contributed by atoms with van der Waals surface area (Å²) in [5.41, 5.74) is 2.50. The molecule has 2 rings (SSSR count). The van der Waals surface area contributed by atoms with Crippen molar-refractivity contribution in [1.82, 2.24) is 0 Å². The van der Waals surface area contributed by atoms with Gasteiger partial charge in [-0.2, -0.15) is 0 Å². The minimum Gasteiger partial charge on any atom is -0.496 e. The van der Waals surface area contributed by atoms with Crippen LogP contribution in [0.5, 0.6) is 5.75 Å². The smallest absolute Gasteiger partial charge is 0.133 e. The highest BCUT2D eigenvalue weighted by molar-refractivity contribution is 9.10. The van der Waals surface area contributed by atoms with Gasteiger partial charge in [0.05, 0.1) is 11.6 Å². The Morgan fingerprint density at radius 2 is 1.90 bits per heavy atom. The fourth-order valence-corrected chi connectivity index (χ4v) is 3.59. The first kappa shape index (κ1) is 16.9. The monoisotopic (exact) mass is 430 g/mol. The van der Waals surface area contributed by atoms with Gasteiger partial charge in [-0.25, -0.2) is 0 Å². The fraction of sp³-hybridized carbons (Fsp3) is 0.294. The van der Waals surface area contributed by atoms with E-state index in [-0.39, 0.29) is 0 Å². The van der Waals surface area contributed by atoms with Crippen LogP contribution in [-0.4, -0.2) is 12.4 Å². The Morgan fingerprint density at radius 1 is 1.14 bits per heavy atom.